The Morgan fingerprint density at radius 3 is 2.78 bits per heavy atom. The molecule has 0 atom stereocenters. The van der Waals surface area contributed by atoms with Gasteiger partial charge in [0, 0.05) is 24.9 Å². The van der Waals surface area contributed by atoms with Gasteiger partial charge in [-0.2, -0.15) is 4.68 Å². The Kier molecular flexibility index (Phi) is 5.18. The van der Waals surface area contributed by atoms with Gasteiger partial charge in [-0.3, -0.25) is 0 Å². The maximum atomic E-state index is 6.23. The molecule has 0 spiro atoms. The molecule has 0 unspecified atom stereocenters. The first kappa shape index (κ1) is 17.7. The minimum Gasteiger partial charge on any atom is -0.441 e. The first-order chi connectivity index (χ1) is 13.2. The van der Waals surface area contributed by atoms with Gasteiger partial charge in [-0.15, -0.1) is 15.3 Å². The Bertz CT molecular complexity index is 968. The number of hydrogen-bond donors (Lipinski definition) is 1. The van der Waals surface area contributed by atoms with Gasteiger partial charge in [0.05, 0.1) is 0 Å². The normalized spacial score (nSPS) is 13.2. The molecule has 0 saturated carbocycles. The number of nitrogens with zero attached hydrogens (tertiary/aromatic N) is 4. The lowest BCUT2D eigenvalue weighted by Crippen LogP contribution is -2.19. The van der Waals surface area contributed by atoms with Crippen LogP contribution < -0.4 is 10.1 Å². The van der Waals surface area contributed by atoms with Crippen molar-refractivity contribution in [3.05, 3.63) is 65.2 Å². The number of aromatic nitrogens is 3. The van der Waals surface area contributed by atoms with Gasteiger partial charge in [-0.05, 0) is 35.3 Å². The summed E-state index contributed by atoms with van der Waals surface area (Å²) in [6, 6.07) is 16.5. The molecule has 3 aromatic rings. The highest BCUT2D eigenvalue weighted by Crippen LogP contribution is 2.32. The summed E-state index contributed by atoms with van der Waals surface area (Å²) in [5, 5.41) is 15.9. The van der Waals surface area contributed by atoms with Crippen LogP contribution in [-0.4, -0.2) is 27.3 Å². The molecule has 0 radical (unpaired) electrons. The van der Waals surface area contributed by atoms with E-state index in [0.29, 0.717) is 18.7 Å². The van der Waals surface area contributed by atoms with E-state index in [1.807, 2.05) is 18.2 Å². The quantitative estimate of drug-likeness (QED) is 0.728. The van der Waals surface area contributed by atoms with Gasteiger partial charge in [0.15, 0.2) is 5.82 Å². The summed E-state index contributed by atoms with van der Waals surface area (Å²) < 4.78 is 7.76. The van der Waals surface area contributed by atoms with E-state index in [0.717, 1.165) is 41.4 Å². The minimum atomic E-state index is 0.245. The first-order valence-corrected chi connectivity index (χ1v) is 9.37. The first-order valence-electron chi connectivity index (χ1n) is 8.99. The Hall–Kier alpha value is -2.70. The van der Waals surface area contributed by atoms with Crippen molar-refractivity contribution in [1.82, 2.24) is 20.2 Å². The summed E-state index contributed by atoms with van der Waals surface area (Å²) in [5.74, 6) is 2.13. The summed E-state index contributed by atoms with van der Waals surface area (Å²) in [7, 11) is 0. The van der Waals surface area contributed by atoms with Gasteiger partial charge in [-0.1, -0.05) is 49.4 Å². The second-order valence-electron chi connectivity index (χ2n) is 6.27. The lowest BCUT2D eigenvalue weighted by molar-refractivity contribution is 0.505. The zero-order chi connectivity index (χ0) is 18.6. The maximum Gasteiger partial charge on any atom is 0.246 e. The molecular weight excluding hydrogens is 362 g/mol. The molecule has 4 rings (SSSR count). The molecule has 0 saturated heterocycles. The van der Waals surface area contributed by atoms with E-state index in [1.54, 1.807) is 0 Å². The van der Waals surface area contributed by atoms with Crippen molar-refractivity contribution in [2.45, 2.75) is 26.3 Å². The number of fused-ring (bicyclic) bond motifs is 1. The van der Waals surface area contributed by atoms with Crippen molar-refractivity contribution in [1.29, 1.82) is 0 Å². The van der Waals surface area contributed by atoms with E-state index in [-0.39, 0.29) is 5.28 Å². The molecule has 138 valence electrons. The molecule has 2 heterocycles. The summed E-state index contributed by atoms with van der Waals surface area (Å²) in [5.41, 5.74) is 3.28. The Morgan fingerprint density at radius 1 is 1.11 bits per heavy atom. The number of rotatable bonds is 5. The fraction of sp³-hybridized carbons (Fsp3) is 0.250. The third-order valence-corrected chi connectivity index (χ3v) is 4.61. The highest BCUT2D eigenvalue weighted by molar-refractivity contribution is 6.28. The summed E-state index contributed by atoms with van der Waals surface area (Å²) in [4.78, 5) is 0. The summed E-state index contributed by atoms with van der Waals surface area (Å²) in [6.07, 6.45) is 1.34. The SMILES string of the molecule is CCNCc1ccc(-c2ccccc2)c(OC2=Nn3c(Cl)nnc3CC2)c1. The number of ether oxygens (including phenoxy) is 1. The average Bonchev–Trinajstić information content (AvgIpc) is 3.08. The molecule has 2 aromatic carbocycles. The van der Waals surface area contributed by atoms with Crippen LogP contribution in [-0.2, 0) is 13.0 Å². The number of aryl methyl sites for hydroxylation is 1. The Morgan fingerprint density at radius 2 is 1.96 bits per heavy atom. The molecule has 27 heavy (non-hydrogen) atoms. The predicted octanol–water partition coefficient (Wildman–Crippen LogP) is 3.89. The van der Waals surface area contributed by atoms with Gasteiger partial charge in [0.25, 0.3) is 0 Å². The maximum absolute atomic E-state index is 6.23. The molecule has 0 amide bonds. The van der Waals surface area contributed by atoms with Gasteiger partial charge in [0.1, 0.15) is 5.75 Å². The van der Waals surface area contributed by atoms with E-state index in [1.165, 1.54) is 4.68 Å². The van der Waals surface area contributed by atoms with Crippen LogP contribution in [0.3, 0.4) is 0 Å². The van der Waals surface area contributed by atoms with Crippen LogP contribution in [0.5, 0.6) is 5.75 Å². The van der Waals surface area contributed by atoms with Crippen LogP contribution in [0, 0.1) is 0 Å². The van der Waals surface area contributed by atoms with E-state index >= 15 is 0 Å². The Labute approximate surface area is 162 Å². The highest BCUT2D eigenvalue weighted by atomic mass is 35.5. The van der Waals surface area contributed by atoms with Crippen LogP contribution in [0.1, 0.15) is 24.7 Å². The zero-order valence-corrected chi connectivity index (χ0v) is 15.8. The van der Waals surface area contributed by atoms with Gasteiger partial charge in [0.2, 0.25) is 11.2 Å². The largest absolute Gasteiger partial charge is 0.441 e. The topological polar surface area (TPSA) is 64.3 Å². The predicted molar refractivity (Wildman–Crippen MR) is 106 cm³/mol. The second kappa shape index (κ2) is 7.90. The van der Waals surface area contributed by atoms with E-state index in [4.69, 9.17) is 16.3 Å². The van der Waals surface area contributed by atoms with Crippen molar-refractivity contribution in [3.8, 4) is 16.9 Å². The highest BCUT2D eigenvalue weighted by Gasteiger charge is 2.19. The standard InChI is InChI=1S/C20H20ClN5O/c1-2-22-13-14-8-9-16(15-6-4-3-5-7-15)17(12-14)27-19-11-10-18-23-24-20(21)26(18)25-19/h3-9,12,22H,2,10-11,13H2,1H3. The van der Waals surface area contributed by atoms with Gasteiger partial charge >= 0.3 is 0 Å². The second-order valence-corrected chi connectivity index (χ2v) is 6.61. The number of hydrogen-bond acceptors (Lipinski definition) is 5. The lowest BCUT2D eigenvalue weighted by atomic mass is 10.0. The van der Waals surface area contributed by atoms with Crippen molar-refractivity contribution in [2.24, 2.45) is 5.10 Å². The summed E-state index contributed by atoms with van der Waals surface area (Å²) >= 11 is 6.05. The Balaban J connectivity index is 1.69. The third kappa shape index (κ3) is 3.86. The molecule has 6 nitrogen and oxygen atoms in total. The zero-order valence-electron chi connectivity index (χ0n) is 15.0. The number of nitrogens with one attached hydrogen (secondary N) is 1. The molecule has 7 heteroatoms. The average molecular weight is 382 g/mol. The molecule has 1 N–H and O–H groups in total. The molecule has 1 aliphatic heterocycles. The van der Waals surface area contributed by atoms with Crippen LogP contribution in [0.15, 0.2) is 53.6 Å². The van der Waals surface area contributed by atoms with Crippen molar-refractivity contribution in [2.75, 3.05) is 6.54 Å². The molecule has 0 fully saturated rings. The fourth-order valence-electron chi connectivity index (χ4n) is 3.01. The van der Waals surface area contributed by atoms with Crippen molar-refractivity contribution >= 4 is 17.5 Å². The number of halogens is 1. The van der Waals surface area contributed by atoms with Crippen LogP contribution >= 0.6 is 11.6 Å². The fourth-order valence-corrected chi connectivity index (χ4v) is 3.18. The van der Waals surface area contributed by atoms with E-state index in [2.05, 4.69) is 57.9 Å². The van der Waals surface area contributed by atoms with E-state index < -0.39 is 0 Å². The van der Waals surface area contributed by atoms with Crippen LogP contribution in [0.2, 0.25) is 5.28 Å². The molecule has 1 aliphatic rings. The monoisotopic (exact) mass is 381 g/mol. The lowest BCUT2D eigenvalue weighted by Gasteiger charge is -2.17. The molecule has 0 aliphatic carbocycles. The van der Waals surface area contributed by atoms with Crippen molar-refractivity contribution < 1.29 is 4.74 Å². The minimum absolute atomic E-state index is 0.245. The smallest absolute Gasteiger partial charge is 0.246 e. The molecular formula is C20H20ClN5O. The molecule has 0 bridgehead atoms. The summed E-state index contributed by atoms with van der Waals surface area (Å²) in [6.45, 7) is 3.79. The molecule has 1 aromatic heterocycles. The van der Waals surface area contributed by atoms with Gasteiger partial charge in [-0.25, -0.2) is 0 Å². The van der Waals surface area contributed by atoms with E-state index in [9.17, 15) is 0 Å². The third-order valence-electron chi connectivity index (χ3n) is 4.38. The number of benzene rings is 2. The van der Waals surface area contributed by atoms with Gasteiger partial charge < -0.3 is 10.1 Å². The van der Waals surface area contributed by atoms with Crippen molar-refractivity contribution in [3.63, 3.8) is 0 Å². The van der Waals surface area contributed by atoms with Crippen LogP contribution in [0.4, 0.5) is 0 Å². The van der Waals surface area contributed by atoms with Crippen LogP contribution in [0.25, 0.3) is 11.1 Å².